The molecule has 2 aliphatic carbocycles. The van der Waals surface area contributed by atoms with Crippen molar-refractivity contribution in [2.75, 3.05) is 0 Å². The molecule has 0 aromatic carbocycles. The van der Waals surface area contributed by atoms with Crippen molar-refractivity contribution in [2.24, 2.45) is 17.8 Å². The van der Waals surface area contributed by atoms with Gasteiger partial charge in [0.1, 0.15) is 0 Å². The SMILES string of the molecule is O=C(OS)C1CCC2CC=CCC2C1. The lowest BCUT2D eigenvalue weighted by atomic mass is 9.69. The topological polar surface area (TPSA) is 26.3 Å². The second-order valence-electron chi connectivity index (χ2n) is 4.38. The van der Waals surface area contributed by atoms with Gasteiger partial charge in [-0.25, -0.2) is 0 Å². The molecule has 0 radical (unpaired) electrons. The van der Waals surface area contributed by atoms with E-state index in [2.05, 4.69) is 29.2 Å². The standard InChI is InChI=1S/C11H16O2S/c12-11(13-14)10-6-5-8-3-1-2-4-9(8)7-10/h1-2,8-10,14H,3-7H2. The summed E-state index contributed by atoms with van der Waals surface area (Å²) in [5.41, 5.74) is 0. The van der Waals surface area contributed by atoms with Gasteiger partial charge in [0.05, 0.1) is 5.92 Å². The Bertz CT molecular complexity index is 250. The molecule has 0 spiro atoms. The van der Waals surface area contributed by atoms with Crippen molar-refractivity contribution >= 4 is 18.9 Å². The predicted octanol–water partition coefficient (Wildman–Crippen LogP) is 2.76. The maximum Gasteiger partial charge on any atom is 0.320 e. The molecule has 0 aliphatic heterocycles. The third-order valence-electron chi connectivity index (χ3n) is 3.61. The molecule has 0 aromatic rings. The van der Waals surface area contributed by atoms with Gasteiger partial charge in [0.25, 0.3) is 0 Å². The summed E-state index contributed by atoms with van der Waals surface area (Å²) in [5.74, 6) is 1.47. The molecule has 2 rings (SSSR count). The summed E-state index contributed by atoms with van der Waals surface area (Å²) in [6.07, 6.45) is 10.0. The summed E-state index contributed by atoms with van der Waals surface area (Å²) in [5, 5.41) is 0. The van der Waals surface area contributed by atoms with Gasteiger partial charge in [0.15, 0.2) is 0 Å². The fourth-order valence-electron chi connectivity index (χ4n) is 2.76. The number of hydrogen-bond acceptors (Lipinski definition) is 3. The Morgan fingerprint density at radius 1 is 1.21 bits per heavy atom. The number of fused-ring (bicyclic) bond motifs is 1. The van der Waals surface area contributed by atoms with E-state index in [0.717, 1.165) is 25.2 Å². The van der Waals surface area contributed by atoms with E-state index in [4.69, 9.17) is 0 Å². The highest BCUT2D eigenvalue weighted by atomic mass is 32.1. The molecule has 0 amide bonds. The van der Waals surface area contributed by atoms with Gasteiger partial charge in [-0.1, -0.05) is 12.2 Å². The maximum absolute atomic E-state index is 11.3. The molecule has 0 saturated heterocycles. The third-order valence-corrected chi connectivity index (χ3v) is 3.79. The molecule has 0 heterocycles. The number of hydrogen-bond donors (Lipinski definition) is 1. The predicted molar refractivity (Wildman–Crippen MR) is 57.8 cm³/mol. The number of carbonyl (C=O) groups is 1. The lowest BCUT2D eigenvalue weighted by Crippen LogP contribution is -2.30. The van der Waals surface area contributed by atoms with Crippen molar-refractivity contribution in [1.29, 1.82) is 0 Å². The van der Waals surface area contributed by atoms with Crippen LogP contribution in [0.15, 0.2) is 12.2 Å². The highest BCUT2D eigenvalue weighted by Crippen LogP contribution is 2.40. The van der Waals surface area contributed by atoms with Crippen LogP contribution in [0.4, 0.5) is 0 Å². The highest BCUT2D eigenvalue weighted by Gasteiger charge is 2.34. The minimum atomic E-state index is -0.138. The zero-order valence-electron chi connectivity index (χ0n) is 8.19. The van der Waals surface area contributed by atoms with Crippen LogP contribution < -0.4 is 0 Å². The fraction of sp³-hybridized carbons (Fsp3) is 0.727. The van der Waals surface area contributed by atoms with Crippen molar-refractivity contribution in [3.63, 3.8) is 0 Å². The molecule has 2 nitrogen and oxygen atoms in total. The minimum Gasteiger partial charge on any atom is -0.394 e. The second-order valence-corrected chi connectivity index (χ2v) is 4.57. The van der Waals surface area contributed by atoms with Crippen LogP contribution in [0.1, 0.15) is 32.1 Å². The smallest absolute Gasteiger partial charge is 0.320 e. The zero-order chi connectivity index (χ0) is 9.97. The van der Waals surface area contributed by atoms with Gasteiger partial charge in [0, 0.05) is 12.9 Å². The maximum atomic E-state index is 11.3. The van der Waals surface area contributed by atoms with E-state index in [1.807, 2.05) is 0 Å². The average Bonchev–Trinajstić information content (AvgIpc) is 2.27. The van der Waals surface area contributed by atoms with E-state index in [-0.39, 0.29) is 11.9 Å². The molecule has 14 heavy (non-hydrogen) atoms. The summed E-state index contributed by atoms with van der Waals surface area (Å²) in [6, 6.07) is 0. The van der Waals surface area contributed by atoms with Crippen LogP contribution in [0.2, 0.25) is 0 Å². The average molecular weight is 212 g/mol. The zero-order valence-corrected chi connectivity index (χ0v) is 9.08. The van der Waals surface area contributed by atoms with Gasteiger partial charge in [-0.15, -0.1) is 0 Å². The van der Waals surface area contributed by atoms with Crippen LogP contribution in [-0.2, 0) is 8.98 Å². The van der Waals surface area contributed by atoms with Crippen molar-refractivity contribution in [2.45, 2.75) is 32.1 Å². The van der Waals surface area contributed by atoms with Gasteiger partial charge >= 0.3 is 5.97 Å². The lowest BCUT2D eigenvalue weighted by Gasteiger charge is -2.35. The van der Waals surface area contributed by atoms with E-state index >= 15 is 0 Å². The Hall–Kier alpha value is -0.440. The molecular formula is C11H16O2S. The highest BCUT2D eigenvalue weighted by molar-refractivity contribution is 7.75. The monoisotopic (exact) mass is 212 g/mol. The molecule has 2 aliphatic rings. The Balaban J connectivity index is 1.96. The molecule has 1 fully saturated rings. The molecule has 3 atom stereocenters. The molecule has 1 saturated carbocycles. The molecule has 78 valence electrons. The first-order chi connectivity index (χ1) is 6.81. The molecule has 0 aromatic heterocycles. The van der Waals surface area contributed by atoms with Gasteiger partial charge in [0.2, 0.25) is 0 Å². The van der Waals surface area contributed by atoms with Crippen LogP contribution in [0.5, 0.6) is 0 Å². The Morgan fingerprint density at radius 2 is 1.93 bits per heavy atom. The number of rotatable bonds is 1. The quantitative estimate of drug-likeness (QED) is 0.411. The third kappa shape index (κ3) is 1.97. The van der Waals surface area contributed by atoms with Crippen LogP contribution in [0.3, 0.4) is 0 Å². The summed E-state index contributed by atoms with van der Waals surface area (Å²) in [6.45, 7) is 0. The van der Waals surface area contributed by atoms with E-state index in [1.165, 1.54) is 12.8 Å². The number of thiol groups is 1. The first-order valence-corrected chi connectivity index (χ1v) is 5.68. The van der Waals surface area contributed by atoms with Crippen molar-refractivity contribution in [3.05, 3.63) is 12.2 Å². The minimum absolute atomic E-state index is 0.0975. The Morgan fingerprint density at radius 3 is 2.64 bits per heavy atom. The molecular weight excluding hydrogens is 196 g/mol. The van der Waals surface area contributed by atoms with Crippen molar-refractivity contribution in [1.82, 2.24) is 0 Å². The normalized spacial score (nSPS) is 36.2. The summed E-state index contributed by atoms with van der Waals surface area (Å²) in [4.78, 5) is 11.3. The largest absolute Gasteiger partial charge is 0.394 e. The number of allylic oxidation sites excluding steroid dienone is 2. The molecule has 3 heteroatoms. The first kappa shape index (κ1) is 10.1. The van der Waals surface area contributed by atoms with Gasteiger partial charge in [-0.3, -0.25) is 4.79 Å². The van der Waals surface area contributed by atoms with Gasteiger partial charge in [-0.2, -0.15) is 0 Å². The van der Waals surface area contributed by atoms with Gasteiger partial charge in [-0.05, 0) is 43.9 Å². The van der Waals surface area contributed by atoms with Crippen LogP contribution >= 0.6 is 12.9 Å². The summed E-state index contributed by atoms with van der Waals surface area (Å²) < 4.78 is 4.51. The summed E-state index contributed by atoms with van der Waals surface area (Å²) >= 11 is 3.58. The number of carbonyl (C=O) groups excluding carboxylic acids is 1. The van der Waals surface area contributed by atoms with E-state index < -0.39 is 0 Å². The fourth-order valence-corrected chi connectivity index (χ4v) is 2.91. The van der Waals surface area contributed by atoms with Crippen LogP contribution in [0.25, 0.3) is 0 Å². The van der Waals surface area contributed by atoms with Gasteiger partial charge < -0.3 is 4.18 Å². The second kappa shape index (κ2) is 4.39. The van der Waals surface area contributed by atoms with E-state index in [1.54, 1.807) is 0 Å². The first-order valence-electron chi connectivity index (χ1n) is 5.31. The lowest BCUT2D eigenvalue weighted by molar-refractivity contribution is -0.139. The van der Waals surface area contributed by atoms with Crippen molar-refractivity contribution in [3.8, 4) is 0 Å². The molecule has 0 bridgehead atoms. The molecule has 0 N–H and O–H groups in total. The van der Waals surface area contributed by atoms with Crippen LogP contribution in [0, 0.1) is 17.8 Å². The van der Waals surface area contributed by atoms with Crippen LogP contribution in [-0.4, -0.2) is 5.97 Å². The summed E-state index contributed by atoms with van der Waals surface area (Å²) in [7, 11) is 0. The Kier molecular flexibility index (Phi) is 3.16. The van der Waals surface area contributed by atoms with Crippen molar-refractivity contribution < 1.29 is 8.98 Å². The Labute approximate surface area is 90.3 Å². The van der Waals surface area contributed by atoms with E-state index in [9.17, 15) is 4.79 Å². The van der Waals surface area contributed by atoms with E-state index in [0.29, 0.717) is 5.92 Å². The molecule has 3 unspecified atom stereocenters.